The van der Waals surface area contributed by atoms with Crippen LogP contribution in [0.1, 0.15) is 0 Å². The first-order valence-corrected chi connectivity index (χ1v) is 8.83. The Morgan fingerprint density at radius 1 is 1.21 bits per heavy atom. The molecule has 2 aromatic heterocycles. The smallest absolute Gasteiger partial charge is 0.275 e. The van der Waals surface area contributed by atoms with Crippen LogP contribution < -0.4 is 10.7 Å². The van der Waals surface area contributed by atoms with Crippen molar-refractivity contribution in [1.29, 1.82) is 0 Å². The van der Waals surface area contributed by atoms with Crippen LogP contribution in [0.5, 0.6) is 0 Å². The Balaban J connectivity index is 2.52. The molecule has 10 heteroatoms. The Labute approximate surface area is 143 Å². The molecule has 1 aromatic carbocycles. The lowest BCUT2D eigenvalue weighted by molar-refractivity contribution is 0.587. The quantitative estimate of drug-likeness (QED) is 0.647. The van der Waals surface area contributed by atoms with E-state index in [0.717, 1.165) is 22.9 Å². The molecule has 3 rings (SSSR count). The molecular weight excluding hydrogens is 408 g/mol. The van der Waals surface area contributed by atoms with Crippen LogP contribution in [0.15, 0.2) is 44.8 Å². The van der Waals surface area contributed by atoms with E-state index in [9.17, 15) is 22.0 Å². The van der Waals surface area contributed by atoms with Crippen molar-refractivity contribution in [1.82, 2.24) is 9.13 Å². The summed E-state index contributed by atoms with van der Waals surface area (Å²) in [6.45, 7) is 0. The van der Waals surface area contributed by atoms with E-state index in [-0.39, 0.29) is 26.0 Å². The number of halogens is 3. The van der Waals surface area contributed by atoms with Crippen LogP contribution in [-0.4, -0.2) is 17.6 Å². The molecule has 6 nitrogen and oxygen atoms in total. The summed E-state index contributed by atoms with van der Waals surface area (Å²) >= 11 is 2.86. The Hall–Kier alpha value is -2.04. The fraction of sp³-hybridized carbons (Fsp3) is 0.0714. The van der Waals surface area contributed by atoms with Gasteiger partial charge < -0.3 is 9.13 Å². The normalized spacial score (nSPS) is 12.0. The van der Waals surface area contributed by atoms with Crippen LogP contribution in [0.3, 0.4) is 0 Å². The van der Waals surface area contributed by atoms with E-state index in [1.54, 1.807) is 0 Å². The van der Waals surface area contributed by atoms with Crippen molar-refractivity contribution in [3.05, 3.63) is 57.1 Å². The van der Waals surface area contributed by atoms with Crippen LogP contribution in [0.2, 0.25) is 0 Å². The molecule has 24 heavy (non-hydrogen) atoms. The van der Waals surface area contributed by atoms with Crippen LogP contribution in [0, 0.1) is 11.6 Å². The summed E-state index contributed by atoms with van der Waals surface area (Å²) in [5.74, 6) is -1.61. The zero-order valence-corrected chi connectivity index (χ0v) is 14.5. The molecule has 0 aliphatic carbocycles. The van der Waals surface area contributed by atoms with Gasteiger partial charge in [-0.25, -0.2) is 22.3 Å². The molecule has 0 fully saturated rings. The average Bonchev–Trinajstić information content (AvgIpc) is 2.87. The van der Waals surface area contributed by atoms with Gasteiger partial charge in [0.1, 0.15) is 22.0 Å². The number of benzene rings is 1. The number of nitrogens with zero attached hydrogens (tertiary/aromatic N) is 2. The molecule has 126 valence electrons. The summed E-state index contributed by atoms with van der Waals surface area (Å²) in [6.07, 6.45) is 2.37. The highest BCUT2D eigenvalue weighted by molar-refractivity contribution is 9.10. The van der Waals surface area contributed by atoms with E-state index < -0.39 is 27.2 Å². The molecule has 0 radical (unpaired) electrons. The summed E-state index contributed by atoms with van der Waals surface area (Å²) in [6, 6.07) is 3.12. The molecular formula is C14H10BrF2N3O3S. The second-order valence-corrected chi connectivity index (χ2v) is 7.50. The highest BCUT2D eigenvalue weighted by Gasteiger charge is 2.22. The van der Waals surface area contributed by atoms with Gasteiger partial charge in [-0.15, -0.1) is 0 Å². The van der Waals surface area contributed by atoms with Crippen molar-refractivity contribution in [2.45, 2.75) is 4.90 Å². The van der Waals surface area contributed by atoms with Crippen LogP contribution in [-0.2, 0) is 17.1 Å². The minimum absolute atomic E-state index is 0.0309. The second-order valence-electron chi connectivity index (χ2n) is 5.12. The Kier molecular flexibility index (Phi) is 3.85. The van der Waals surface area contributed by atoms with E-state index in [0.29, 0.717) is 0 Å². The number of aryl methyl sites for hydroxylation is 1. The van der Waals surface area contributed by atoms with E-state index >= 15 is 0 Å². The van der Waals surface area contributed by atoms with Gasteiger partial charge in [-0.1, -0.05) is 0 Å². The van der Waals surface area contributed by atoms with E-state index in [1.807, 2.05) is 0 Å². The van der Waals surface area contributed by atoms with Crippen LogP contribution >= 0.6 is 15.9 Å². The van der Waals surface area contributed by atoms with Gasteiger partial charge in [-0.2, -0.15) is 0 Å². The maximum atomic E-state index is 14.3. The molecule has 0 spiro atoms. The number of nitrogens with two attached hydrogens (primary N) is 1. The predicted octanol–water partition coefficient (Wildman–Crippen LogP) is 2.02. The first-order chi connectivity index (χ1) is 11.1. The summed E-state index contributed by atoms with van der Waals surface area (Å²) in [5, 5.41) is 5.20. The van der Waals surface area contributed by atoms with Crippen molar-refractivity contribution in [3.63, 3.8) is 0 Å². The van der Waals surface area contributed by atoms with Crippen molar-refractivity contribution < 1.29 is 17.2 Å². The fourth-order valence-electron chi connectivity index (χ4n) is 2.41. The number of pyridine rings is 1. The van der Waals surface area contributed by atoms with E-state index in [4.69, 9.17) is 5.14 Å². The minimum Gasteiger partial charge on any atom is -0.317 e. The molecule has 0 aliphatic heterocycles. The zero-order valence-electron chi connectivity index (χ0n) is 12.1. The van der Waals surface area contributed by atoms with Gasteiger partial charge in [0.25, 0.3) is 5.56 Å². The van der Waals surface area contributed by atoms with Gasteiger partial charge in [-0.05, 0) is 28.1 Å². The second kappa shape index (κ2) is 5.50. The lowest BCUT2D eigenvalue weighted by atomic mass is 10.2. The molecule has 0 aliphatic rings. The molecule has 0 saturated carbocycles. The van der Waals surface area contributed by atoms with E-state index in [2.05, 4.69) is 15.9 Å². The molecule has 0 bridgehead atoms. The molecule has 0 atom stereocenters. The molecule has 0 saturated heterocycles. The Morgan fingerprint density at radius 3 is 2.50 bits per heavy atom. The topological polar surface area (TPSA) is 87.1 Å². The van der Waals surface area contributed by atoms with Crippen molar-refractivity contribution >= 4 is 36.9 Å². The van der Waals surface area contributed by atoms with Gasteiger partial charge in [0, 0.05) is 30.9 Å². The third kappa shape index (κ3) is 2.56. The molecule has 2 heterocycles. The number of sulfonamides is 1. The predicted molar refractivity (Wildman–Crippen MR) is 87.5 cm³/mol. The highest BCUT2D eigenvalue weighted by Crippen LogP contribution is 2.29. The van der Waals surface area contributed by atoms with Gasteiger partial charge in [-0.3, -0.25) is 4.79 Å². The maximum absolute atomic E-state index is 14.3. The highest BCUT2D eigenvalue weighted by atomic mass is 79.9. The standard InChI is InChI=1S/C14H10BrF2N3O3S/c1-19-3-2-7-12(24(18,22)23)6-20(13(7)14(19)21)11-5-9(16)8(15)4-10(11)17/h2-6H,1H3,(H2,18,22,23). The fourth-order valence-corrected chi connectivity index (χ4v) is 3.45. The summed E-state index contributed by atoms with van der Waals surface area (Å²) in [4.78, 5) is 12.1. The number of hydrogen-bond acceptors (Lipinski definition) is 3. The average molecular weight is 418 g/mol. The molecule has 2 N–H and O–H groups in total. The number of rotatable bonds is 2. The number of hydrogen-bond donors (Lipinski definition) is 1. The first kappa shape index (κ1) is 16.8. The van der Waals surface area contributed by atoms with Gasteiger partial charge in [0.05, 0.1) is 10.2 Å². The third-order valence-electron chi connectivity index (χ3n) is 3.55. The third-order valence-corrected chi connectivity index (χ3v) is 5.10. The maximum Gasteiger partial charge on any atom is 0.275 e. The Morgan fingerprint density at radius 2 is 1.88 bits per heavy atom. The number of aromatic nitrogens is 2. The first-order valence-electron chi connectivity index (χ1n) is 6.49. The monoisotopic (exact) mass is 417 g/mol. The molecule has 0 amide bonds. The zero-order chi connectivity index (χ0) is 17.8. The van der Waals surface area contributed by atoms with Crippen molar-refractivity contribution in [2.75, 3.05) is 0 Å². The van der Waals surface area contributed by atoms with Gasteiger partial charge in [0.2, 0.25) is 10.0 Å². The lowest BCUT2D eigenvalue weighted by Crippen LogP contribution is -2.18. The SMILES string of the molecule is Cn1ccc2c(S(N)(=O)=O)cn(-c3cc(F)c(Br)cc3F)c2c1=O. The van der Waals surface area contributed by atoms with Crippen LogP contribution in [0.25, 0.3) is 16.6 Å². The van der Waals surface area contributed by atoms with E-state index in [1.165, 1.54) is 23.9 Å². The van der Waals surface area contributed by atoms with Crippen LogP contribution in [0.4, 0.5) is 8.78 Å². The summed E-state index contributed by atoms with van der Waals surface area (Å²) in [5.41, 5.74) is -1.01. The van der Waals surface area contributed by atoms with Gasteiger partial charge in [0.15, 0.2) is 0 Å². The number of fused-ring (bicyclic) bond motifs is 1. The minimum atomic E-state index is -4.17. The summed E-state index contributed by atoms with van der Waals surface area (Å²) in [7, 11) is -2.72. The Bertz CT molecular complexity index is 1150. The van der Waals surface area contributed by atoms with Crippen molar-refractivity contribution in [3.8, 4) is 5.69 Å². The molecule has 3 aromatic rings. The summed E-state index contributed by atoms with van der Waals surface area (Å²) < 4.78 is 53.7. The molecule has 0 unspecified atom stereocenters. The number of primary sulfonamides is 1. The lowest BCUT2D eigenvalue weighted by Gasteiger charge is -2.08. The van der Waals surface area contributed by atoms with Crippen molar-refractivity contribution in [2.24, 2.45) is 12.2 Å². The largest absolute Gasteiger partial charge is 0.317 e. The van der Waals surface area contributed by atoms with Gasteiger partial charge >= 0.3 is 0 Å².